The number of hydrogen-bond acceptors (Lipinski definition) is 9. The van der Waals surface area contributed by atoms with Crippen LogP contribution < -0.4 is 4.74 Å². The van der Waals surface area contributed by atoms with Crippen LogP contribution in [0, 0.1) is 10.1 Å². The zero-order valence-electron chi connectivity index (χ0n) is 16.1. The van der Waals surface area contributed by atoms with E-state index in [0.717, 1.165) is 35.6 Å². The maximum atomic E-state index is 12.7. The first-order chi connectivity index (χ1) is 15.4. The average Bonchev–Trinajstić information content (AvgIpc) is 3.29. The van der Waals surface area contributed by atoms with Crippen LogP contribution >= 0.6 is 11.3 Å². The molecule has 0 unspecified atom stereocenters. The summed E-state index contributed by atoms with van der Waals surface area (Å²) in [5, 5.41) is 9.32. The van der Waals surface area contributed by atoms with Crippen molar-refractivity contribution in [3.05, 3.63) is 94.4 Å². The Labute approximate surface area is 186 Å². The van der Waals surface area contributed by atoms with Gasteiger partial charge in [-0.3, -0.25) is 19.9 Å². The molecule has 0 aliphatic carbocycles. The number of hydrogen-bond donors (Lipinski definition) is 0. The number of carbonyl (C=O) groups is 1. The van der Waals surface area contributed by atoms with Crippen LogP contribution in [0.3, 0.4) is 0 Å². The largest absolute Gasteiger partial charge is 0.457 e. The number of para-hydroxylation sites is 1. The molecular formula is C21H13N3O6S2. The molecule has 160 valence electrons. The summed E-state index contributed by atoms with van der Waals surface area (Å²) in [7, 11) is -4.42. The van der Waals surface area contributed by atoms with Crippen molar-refractivity contribution in [2.75, 3.05) is 0 Å². The molecule has 0 saturated heterocycles. The van der Waals surface area contributed by atoms with Gasteiger partial charge in [-0.05, 0) is 30.3 Å². The van der Waals surface area contributed by atoms with E-state index in [2.05, 4.69) is 9.97 Å². The fourth-order valence-corrected chi connectivity index (χ4v) is 4.94. The quantitative estimate of drug-likeness (QED) is 0.299. The Balaban J connectivity index is 1.63. The summed E-state index contributed by atoms with van der Waals surface area (Å²) < 4.78 is 31.2. The minimum Gasteiger partial charge on any atom is -0.457 e. The molecule has 4 rings (SSSR count). The molecule has 2 heterocycles. The molecule has 0 radical (unpaired) electrons. The first-order valence-corrected chi connectivity index (χ1v) is 11.3. The fraction of sp³-hybridized carbons (Fsp3) is 0. The van der Waals surface area contributed by atoms with Crippen molar-refractivity contribution in [1.82, 2.24) is 9.97 Å². The summed E-state index contributed by atoms with van der Waals surface area (Å²) in [6, 6.07) is 14.8. The third kappa shape index (κ3) is 4.24. The lowest BCUT2D eigenvalue weighted by Gasteiger charge is -2.09. The SMILES string of the molecule is O=C(c1ncc(-c2cnccc2Oc2ccccc2)s1)S(=O)(=O)c1ccc([N+](=O)[O-])cc1. The van der Waals surface area contributed by atoms with Gasteiger partial charge in [0, 0.05) is 30.7 Å². The third-order valence-electron chi connectivity index (χ3n) is 4.30. The van der Waals surface area contributed by atoms with Crippen molar-refractivity contribution in [2.45, 2.75) is 4.90 Å². The van der Waals surface area contributed by atoms with Crippen LogP contribution in [0.4, 0.5) is 5.69 Å². The van der Waals surface area contributed by atoms with E-state index in [1.54, 1.807) is 24.4 Å². The minimum absolute atomic E-state index is 0.243. The first kappa shape index (κ1) is 21.3. The third-order valence-corrected chi connectivity index (χ3v) is 7.03. The highest BCUT2D eigenvalue weighted by molar-refractivity contribution is 8.07. The highest BCUT2D eigenvalue weighted by atomic mass is 32.2. The molecule has 0 aliphatic rings. The van der Waals surface area contributed by atoms with Crippen molar-refractivity contribution in [3.63, 3.8) is 0 Å². The summed E-state index contributed by atoms with van der Waals surface area (Å²) in [6.45, 7) is 0. The van der Waals surface area contributed by atoms with E-state index in [1.165, 1.54) is 12.4 Å². The van der Waals surface area contributed by atoms with Gasteiger partial charge in [-0.15, -0.1) is 11.3 Å². The number of sulfone groups is 1. The molecule has 11 heteroatoms. The second-order valence-corrected chi connectivity index (χ2v) is 9.24. The Kier molecular flexibility index (Phi) is 5.75. The van der Waals surface area contributed by atoms with Gasteiger partial charge in [0.25, 0.3) is 5.69 Å². The van der Waals surface area contributed by atoms with E-state index >= 15 is 0 Å². The van der Waals surface area contributed by atoms with Crippen molar-refractivity contribution in [3.8, 4) is 21.9 Å². The minimum atomic E-state index is -4.42. The standard InChI is InChI=1S/C21H13N3O6S2/c25-21(32(28,29)16-8-6-14(7-9-16)24(26)27)20-23-13-19(31-20)17-12-22-11-10-18(17)30-15-4-2-1-3-5-15/h1-13H. The van der Waals surface area contributed by atoms with E-state index in [1.807, 2.05) is 18.2 Å². The predicted molar refractivity (Wildman–Crippen MR) is 116 cm³/mol. The van der Waals surface area contributed by atoms with Crippen LogP contribution in [0.25, 0.3) is 10.4 Å². The number of nitro benzene ring substituents is 1. The monoisotopic (exact) mass is 467 g/mol. The number of nitrogens with zero attached hydrogens (tertiary/aromatic N) is 3. The van der Waals surface area contributed by atoms with E-state index in [9.17, 15) is 23.3 Å². The number of rotatable bonds is 6. The molecule has 0 N–H and O–H groups in total. The van der Waals surface area contributed by atoms with Gasteiger partial charge < -0.3 is 4.74 Å². The van der Waals surface area contributed by atoms with E-state index in [-0.39, 0.29) is 15.6 Å². The van der Waals surface area contributed by atoms with Gasteiger partial charge in [0.15, 0.2) is 5.01 Å². The Hall–Kier alpha value is -3.96. The van der Waals surface area contributed by atoms with Gasteiger partial charge in [-0.25, -0.2) is 13.4 Å². The maximum Gasteiger partial charge on any atom is 0.309 e. The first-order valence-electron chi connectivity index (χ1n) is 9.03. The van der Waals surface area contributed by atoms with E-state index < -0.39 is 19.9 Å². The Bertz CT molecular complexity index is 1400. The van der Waals surface area contributed by atoms with Gasteiger partial charge in [-0.1, -0.05) is 18.2 Å². The molecule has 0 fully saturated rings. The number of benzene rings is 2. The van der Waals surface area contributed by atoms with Gasteiger partial charge >= 0.3 is 5.12 Å². The number of carbonyl (C=O) groups excluding carboxylic acids is 1. The highest BCUT2D eigenvalue weighted by Gasteiger charge is 2.30. The Morgan fingerprint density at radius 1 is 1.00 bits per heavy atom. The summed E-state index contributed by atoms with van der Waals surface area (Å²) in [4.78, 5) is 31.0. The molecule has 32 heavy (non-hydrogen) atoms. The number of pyridine rings is 1. The lowest BCUT2D eigenvalue weighted by Crippen LogP contribution is -2.15. The van der Waals surface area contributed by atoms with Crippen molar-refractivity contribution >= 4 is 32.0 Å². The summed E-state index contributed by atoms with van der Waals surface area (Å²) >= 11 is 0.880. The molecular weight excluding hydrogens is 454 g/mol. The summed E-state index contributed by atoms with van der Waals surface area (Å²) in [5.74, 6) is 1.06. The molecule has 2 aromatic carbocycles. The second kappa shape index (κ2) is 8.65. The van der Waals surface area contributed by atoms with Crippen LogP contribution in [0.5, 0.6) is 11.5 Å². The Morgan fingerprint density at radius 3 is 2.41 bits per heavy atom. The molecule has 2 aromatic heterocycles. The second-order valence-electron chi connectivity index (χ2n) is 6.36. The maximum absolute atomic E-state index is 12.7. The normalized spacial score (nSPS) is 11.1. The van der Waals surface area contributed by atoms with Crippen molar-refractivity contribution in [2.24, 2.45) is 0 Å². The smallest absolute Gasteiger partial charge is 0.309 e. The van der Waals surface area contributed by atoms with Gasteiger partial charge in [0.1, 0.15) is 11.5 Å². The molecule has 9 nitrogen and oxygen atoms in total. The molecule has 0 amide bonds. The summed E-state index contributed by atoms with van der Waals surface area (Å²) in [6.07, 6.45) is 4.46. The van der Waals surface area contributed by atoms with Crippen LogP contribution in [-0.2, 0) is 9.84 Å². The topological polar surface area (TPSA) is 129 Å². The van der Waals surface area contributed by atoms with Crippen molar-refractivity contribution in [1.29, 1.82) is 0 Å². The number of non-ortho nitro benzene ring substituents is 1. The van der Waals surface area contributed by atoms with E-state index in [4.69, 9.17) is 4.74 Å². The Morgan fingerprint density at radius 2 is 1.72 bits per heavy atom. The lowest BCUT2D eigenvalue weighted by atomic mass is 10.2. The molecule has 4 aromatic rings. The van der Waals surface area contributed by atoms with Crippen LogP contribution in [0.1, 0.15) is 9.80 Å². The van der Waals surface area contributed by atoms with Crippen LogP contribution in [-0.4, -0.2) is 28.4 Å². The van der Waals surface area contributed by atoms with E-state index in [0.29, 0.717) is 21.9 Å². The number of ether oxygens (including phenoxy) is 1. The molecule has 0 aliphatic heterocycles. The van der Waals surface area contributed by atoms with Crippen LogP contribution in [0.2, 0.25) is 0 Å². The number of aromatic nitrogens is 2. The number of thiazole rings is 1. The van der Waals surface area contributed by atoms with Crippen molar-refractivity contribution < 1.29 is 22.9 Å². The lowest BCUT2D eigenvalue weighted by molar-refractivity contribution is -0.384. The predicted octanol–water partition coefficient (Wildman–Crippen LogP) is 4.52. The van der Waals surface area contributed by atoms with Gasteiger partial charge in [0.2, 0.25) is 9.84 Å². The zero-order chi connectivity index (χ0) is 22.7. The number of nitro groups is 1. The molecule has 0 saturated carbocycles. The average molecular weight is 467 g/mol. The zero-order valence-corrected chi connectivity index (χ0v) is 17.7. The summed E-state index contributed by atoms with van der Waals surface area (Å²) in [5.41, 5.74) is 0.260. The fourth-order valence-electron chi connectivity index (χ4n) is 2.73. The molecule has 0 atom stereocenters. The molecule has 0 spiro atoms. The van der Waals surface area contributed by atoms with Crippen LogP contribution in [0.15, 0.2) is 84.1 Å². The van der Waals surface area contributed by atoms with Gasteiger partial charge in [-0.2, -0.15) is 0 Å². The highest BCUT2D eigenvalue weighted by Crippen LogP contribution is 2.36. The van der Waals surface area contributed by atoms with Gasteiger partial charge in [0.05, 0.1) is 20.3 Å². The molecule has 0 bridgehead atoms.